The molecule has 2 heterocycles. The first-order chi connectivity index (χ1) is 24.4. The lowest BCUT2D eigenvalue weighted by Crippen LogP contribution is -2.62. The van der Waals surface area contributed by atoms with Crippen molar-refractivity contribution in [2.75, 3.05) is 6.54 Å². The van der Waals surface area contributed by atoms with Crippen molar-refractivity contribution in [2.24, 2.45) is 35.0 Å². The van der Waals surface area contributed by atoms with E-state index in [1.165, 1.54) is 18.6 Å². The topological polar surface area (TPSA) is 180 Å². The van der Waals surface area contributed by atoms with Gasteiger partial charge in [-0.15, -0.1) is 0 Å². The summed E-state index contributed by atoms with van der Waals surface area (Å²) in [6.45, 7) is 7.85. The highest BCUT2D eigenvalue weighted by Gasteiger charge is 2.59. The zero-order chi connectivity index (χ0) is 36.4. The van der Waals surface area contributed by atoms with Crippen LogP contribution in [0.4, 0.5) is 0 Å². The van der Waals surface area contributed by atoms with E-state index in [-0.39, 0.29) is 47.2 Å². The normalized spacial score (nSPS) is 27.2. The van der Waals surface area contributed by atoms with Gasteiger partial charge in [0.05, 0.1) is 12.2 Å². The van der Waals surface area contributed by atoms with Crippen molar-refractivity contribution >= 4 is 35.3 Å². The molecule has 276 valence electrons. The highest BCUT2D eigenvalue weighted by atomic mass is 16.2. The predicted molar refractivity (Wildman–Crippen MR) is 187 cm³/mol. The summed E-state index contributed by atoms with van der Waals surface area (Å²) in [5, 5.41) is 11.6. The number of amides is 5. The van der Waals surface area contributed by atoms with Gasteiger partial charge < -0.3 is 26.2 Å². The number of nitrogens with one attached hydrogen (secondary N) is 4. The second kappa shape index (κ2) is 15.2. The van der Waals surface area contributed by atoms with Gasteiger partial charge in [0.25, 0.3) is 11.8 Å². The Hall–Kier alpha value is -4.16. The Morgan fingerprint density at radius 1 is 0.922 bits per heavy atom. The molecular weight excluding hydrogens is 650 g/mol. The van der Waals surface area contributed by atoms with Crippen LogP contribution in [0.3, 0.4) is 0 Å². The van der Waals surface area contributed by atoms with E-state index < -0.39 is 59.0 Å². The standard InChI is InChI=1S/C38H53N7O6/c1-5-9-26(31(46)36(50)41-24-14-15-24)42-35(49)30-28-23-13-12-22(18-23)25(28)20-45(30)37(51)32(38(2,3)4)44-34(48)29(21-10-7-6-8-11-21)43-33(47)27-19-39-16-17-40-27/h12-13,16-17,19,21-26,28-30,32H,5-11,14-15,18,20H2,1-4H3,(H,41,50)(H,42,49)(H,43,47)(H,44,48)/t22-,23+,25?,26-,28?,29-,30-,32+/m0/s1. The fourth-order valence-electron chi connectivity index (χ4n) is 8.78. The third kappa shape index (κ3) is 8.02. The summed E-state index contributed by atoms with van der Waals surface area (Å²) >= 11 is 0. The molecule has 13 nitrogen and oxygen atoms in total. The van der Waals surface area contributed by atoms with Gasteiger partial charge in [-0.2, -0.15) is 0 Å². The van der Waals surface area contributed by atoms with E-state index in [0.717, 1.165) is 51.4 Å². The number of aromatic nitrogens is 2. The largest absolute Gasteiger partial charge is 0.347 e. The van der Waals surface area contributed by atoms with Gasteiger partial charge >= 0.3 is 0 Å². The molecule has 1 aliphatic heterocycles. The van der Waals surface area contributed by atoms with Gasteiger partial charge in [-0.05, 0) is 73.5 Å². The smallest absolute Gasteiger partial charge is 0.289 e. The Bertz CT molecular complexity index is 1530. The van der Waals surface area contributed by atoms with Crippen molar-refractivity contribution < 1.29 is 28.8 Å². The molecule has 3 saturated carbocycles. The Kier molecular flexibility index (Phi) is 10.9. The van der Waals surface area contributed by atoms with Gasteiger partial charge in [0.2, 0.25) is 23.5 Å². The van der Waals surface area contributed by atoms with Gasteiger partial charge in [-0.25, -0.2) is 4.98 Å². The number of Topliss-reactive ketones (excluding diaryl/α,β-unsaturated/α-hetero) is 1. The van der Waals surface area contributed by atoms with Crippen LogP contribution in [0.15, 0.2) is 30.7 Å². The van der Waals surface area contributed by atoms with Crippen LogP contribution in [0.2, 0.25) is 0 Å². The van der Waals surface area contributed by atoms with Crippen LogP contribution in [0.1, 0.15) is 102 Å². The number of ketones is 1. The van der Waals surface area contributed by atoms with Crippen molar-refractivity contribution in [1.29, 1.82) is 0 Å². The zero-order valence-electron chi connectivity index (χ0n) is 30.2. The Morgan fingerprint density at radius 3 is 2.29 bits per heavy atom. The summed E-state index contributed by atoms with van der Waals surface area (Å²) in [5.74, 6) is -2.99. The molecule has 2 unspecified atom stereocenters. The third-order valence-electron chi connectivity index (χ3n) is 11.6. The molecule has 0 radical (unpaired) electrons. The molecule has 8 atom stereocenters. The van der Waals surface area contributed by atoms with E-state index in [9.17, 15) is 28.8 Å². The molecule has 0 spiro atoms. The number of nitrogens with zero attached hydrogens (tertiary/aromatic N) is 3. The van der Waals surface area contributed by atoms with Crippen molar-refractivity contribution in [3.63, 3.8) is 0 Å². The lowest BCUT2D eigenvalue weighted by molar-refractivity contribution is -0.146. The molecule has 1 aromatic rings. The molecule has 13 heteroatoms. The maximum absolute atomic E-state index is 14.8. The van der Waals surface area contributed by atoms with E-state index in [1.807, 2.05) is 27.7 Å². The van der Waals surface area contributed by atoms with Crippen LogP contribution < -0.4 is 21.3 Å². The minimum Gasteiger partial charge on any atom is -0.347 e. The highest BCUT2D eigenvalue weighted by molar-refractivity contribution is 6.38. The van der Waals surface area contributed by atoms with Gasteiger partial charge in [0.1, 0.15) is 23.8 Å². The molecular formula is C38H53N7O6. The molecule has 4 fully saturated rings. The maximum Gasteiger partial charge on any atom is 0.289 e. The maximum atomic E-state index is 14.8. The summed E-state index contributed by atoms with van der Waals surface area (Å²) in [5.41, 5.74) is -0.656. The molecule has 1 aromatic heterocycles. The molecule has 5 amide bonds. The highest BCUT2D eigenvalue weighted by Crippen LogP contribution is 2.54. The number of hydrogen-bond donors (Lipinski definition) is 4. The third-order valence-corrected chi connectivity index (χ3v) is 11.6. The molecule has 1 saturated heterocycles. The number of carbonyl (C=O) groups is 6. The number of likely N-dealkylation sites (tertiary alicyclic amines) is 1. The van der Waals surface area contributed by atoms with Crippen LogP contribution in [-0.2, 0) is 24.0 Å². The number of hydrogen-bond acceptors (Lipinski definition) is 8. The number of fused-ring (bicyclic) bond motifs is 5. The molecule has 5 aliphatic rings. The number of carbonyl (C=O) groups excluding carboxylic acids is 6. The van der Waals surface area contributed by atoms with E-state index in [1.54, 1.807) is 4.90 Å². The van der Waals surface area contributed by atoms with Crippen molar-refractivity contribution in [3.8, 4) is 0 Å². The molecule has 0 aromatic carbocycles. The lowest BCUT2D eigenvalue weighted by atomic mass is 9.81. The Balaban J connectivity index is 1.24. The van der Waals surface area contributed by atoms with E-state index in [2.05, 4.69) is 43.4 Å². The monoisotopic (exact) mass is 703 g/mol. The first-order valence-corrected chi connectivity index (χ1v) is 18.9. The number of rotatable bonds is 13. The second-order valence-electron chi connectivity index (χ2n) is 16.3. The van der Waals surface area contributed by atoms with Crippen molar-refractivity contribution in [2.45, 2.75) is 122 Å². The predicted octanol–water partition coefficient (Wildman–Crippen LogP) is 2.47. The van der Waals surface area contributed by atoms with Gasteiger partial charge in [0.15, 0.2) is 0 Å². The zero-order valence-corrected chi connectivity index (χ0v) is 30.2. The summed E-state index contributed by atoms with van der Waals surface area (Å²) < 4.78 is 0. The second-order valence-corrected chi connectivity index (χ2v) is 16.3. The van der Waals surface area contributed by atoms with Gasteiger partial charge in [0, 0.05) is 25.0 Å². The molecule has 6 rings (SSSR count). The lowest BCUT2D eigenvalue weighted by Gasteiger charge is -2.38. The Morgan fingerprint density at radius 2 is 1.65 bits per heavy atom. The van der Waals surface area contributed by atoms with E-state index in [4.69, 9.17) is 0 Å². The minimum atomic E-state index is -1.01. The van der Waals surface area contributed by atoms with Crippen LogP contribution in [0.25, 0.3) is 0 Å². The van der Waals surface area contributed by atoms with Crippen LogP contribution in [0, 0.1) is 35.0 Å². The summed E-state index contributed by atoms with van der Waals surface area (Å²) in [6.07, 6.45) is 16.5. The number of allylic oxidation sites excluding steroid dienone is 2. The van der Waals surface area contributed by atoms with E-state index >= 15 is 0 Å². The first-order valence-electron chi connectivity index (χ1n) is 18.9. The average molecular weight is 704 g/mol. The first kappa shape index (κ1) is 36.6. The Labute approximate surface area is 299 Å². The molecule has 51 heavy (non-hydrogen) atoms. The van der Waals surface area contributed by atoms with Crippen LogP contribution in [-0.4, -0.2) is 86.9 Å². The van der Waals surface area contributed by atoms with Crippen molar-refractivity contribution in [3.05, 3.63) is 36.4 Å². The summed E-state index contributed by atoms with van der Waals surface area (Å²) in [6, 6.07) is -3.77. The summed E-state index contributed by atoms with van der Waals surface area (Å²) in [7, 11) is 0. The molecule has 4 aliphatic carbocycles. The fourth-order valence-corrected chi connectivity index (χ4v) is 8.78. The quantitative estimate of drug-likeness (QED) is 0.179. The van der Waals surface area contributed by atoms with Crippen LogP contribution in [0.5, 0.6) is 0 Å². The van der Waals surface area contributed by atoms with E-state index in [0.29, 0.717) is 19.4 Å². The van der Waals surface area contributed by atoms with Gasteiger partial charge in [-0.3, -0.25) is 33.8 Å². The molecule has 2 bridgehead atoms. The van der Waals surface area contributed by atoms with Crippen LogP contribution >= 0.6 is 0 Å². The SMILES string of the molecule is CCC[C@H](NC(=O)[C@@H]1C2C(CN1C(=O)[C@@H](NC(=O)[C@@H](NC(=O)c1cnccn1)C1CCCCC1)C(C)(C)C)[C@H]1C=C[C@@H]2C1)C(=O)C(=O)NC1CC1. The van der Waals surface area contributed by atoms with Crippen molar-refractivity contribution in [1.82, 2.24) is 36.1 Å². The average Bonchev–Trinajstić information content (AvgIpc) is 3.49. The molecule has 4 N–H and O–H groups in total. The van der Waals surface area contributed by atoms with Gasteiger partial charge in [-0.1, -0.05) is 65.5 Å². The minimum absolute atomic E-state index is 0.00606. The fraction of sp³-hybridized carbons (Fsp3) is 0.684. The summed E-state index contributed by atoms with van der Waals surface area (Å²) in [4.78, 5) is 92.3.